The molecule has 0 unspecified atom stereocenters. The predicted molar refractivity (Wildman–Crippen MR) is 72.5 cm³/mol. The molecule has 1 aromatic rings. The Kier molecular flexibility index (Phi) is 2.74. The van der Waals surface area contributed by atoms with E-state index in [1.807, 2.05) is 6.92 Å². The fraction of sp³-hybridized carbons (Fsp3) is 0.308. The second-order valence-electron chi connectivity index (χ2n) is 4.92. The zero-order valence-corrected chi connectivity index (χ0v) is 11.3. The van der Waals surface area contributed by atoms with Gasteiger partial charge in [0.15, 0.2) is 0 Å². The van der Waals surface area contributed by atoms with Crippen LogP contribution < -0.4 is 5.73 Å². The fourth-order valence-electron chi connectivity index (χ4n) is 1.97. The first kappa shape index (κ1) is 12.7. The number of aryl methyl sites for hydroxylation is 1. The number of hydrogen-bond donors (Lipinski definition) is 1. The standard InChI is InChI=1S/C13H14N2O2S/c1-7-4-5-8-9(6-7)11(17)15(10(8)16)13(2,3)12(14)18/h4-6H,1-3H3,(H2,14,18). The van der Waals surface area contributed by atoms with Gasteiger partial charge >= 0.3 is 0 Å². The Morgan fingerprint density at radius 2 is 1.78 bits per heavy atom. The van der Waals surface area contributed by atoms with Gasteiger partial charge in [-0.1, -0.05) is 23.8 Å². The summed E-state index contributed by atoms with van der Waals surface area (Å²) in [5.41, 5.74) is 6.43. The molecule has 1 heterocycles. The van der Waals surface area contributed by atoms with Crippen LogP contribution in [0.25, 0.3) is 0 Å². The van der Waals surface area contributed by atoms with Crippen molar-refractivity contribution in [1.29, 1.82) is 0 Å². The van der Waals surface area contributed by atoms with E-state index in [1.165, 1.54) is 0 Å². The Hall–Kier alpha value is -1.75. The van der Waals surface area contributed by atoms with Crippen molar-refractivity contribution < 1.29 is 9.59 Å². The summed E-state index contributed by atoms with van der Waals surface area (Å²) >= 11 is 4.94. The van der Waals surface area contributed by atoms with E-state index in [1.54, 1.807) is 32.0 Å². The molecule has 1 aliphatic rings. The molecule has 0 saturated carbocycles. The molecule has 2 amide bonds. The van der Waals surface area contributed by atoms with Crippen LogP contribution in [0.3, 0.4) is 0 Å². The topological polar surface area (TPSA) is 63.4 Å². The second-order valence-corrected chi connectivity index (χ2v) is 5.36. The summed E-state index contributed by atoms with van der Waals surface area (Å²) in [4.78, 5) is 25.8. The summed E-state index contributed by atoms with van der Waals surface area (Å²) in [5.74, 6) is -0.677. The Morgan fingerprint density at radius 3 is 2.33 bits per heavy atom. The highest BCUT2D eigenvalue weighted by molar-refractivity contribution is 7.80. The zero-order chi connectivity index (χ0) is 13.7. The average Bonchev–Trinajstić information content (AvgIpc) is 2.51. The number of carbonyl (C=O) groups excluding carboxylic acids is 2. The van der Waals surface area contributed by atoms with Gasteiger partial charge in [0.2, 0.25) is 0 Å². The molecule has 0 aliphatic carbocycles. The third-order valence-corrected chi connectivity index (χ3v) is 3.70. The fourth-order valence-corrected chi connectivity index (χ4v) is 2.06. The van der Waals surface area contributed by atoms with E-state index in [-0.39, 0.29) is 16.8 Å². The molecular weight excluding hydrogens is 248 g/mol. The number of nitrogens with zero attached hydrogens (tertiary/aromatic N) is 1. The molecule has 0 bridgehead atoms. The van der Waals surface area contributed by atoms with Crippen molar-refractivity contribution in [3.63, 3.8) is 0 Å². The van der Waals surface area contributed by atoms with Crippen LogP contribution in [0.1, 0.15) is 40.1 Å². The first-order chi connectivity index (χ1) is 8.26. The number of fused-ring (bicyclic) bond motifs is 1. The van der Waals surface area contributed by atoms with Gasteiger partial charge in [0.1, 0.15) is 0 Å². The molecule has 0 atom stereocenters. The maximum Gasteiger partial charge on any atom is 0.262 e. The van der Waals surface area contributed by atoms with E-state index in [0.717, 1.165) is 10.5 Å². The van der Waals surface area contributed by atoms with Crippen LogP contribution >= 0.6 is 12.2 Å². The normalized spacial score (nSPS) is 14.9. The minimum atomic E-state index is -0.962. The number of benzene rings is 1. The molecule has 18 heavy (non-hydrogen) atoms. The molecule has 2 rings (SSSR count). The lowest BCUT2D eigenvalue weighted by atomic mass is 10.0. The quantitative estimate of drug-likeness (QED) is 0.650. The maximum absolute atomic E-state index is 12.3. The Bertz CT molecular complexity index is 578. The minimum absolute atomic E-state index is 0.119. The van der Waals surface area contributed by atoms with Gasteiger partial charge in [0, 0.05) is 0 Å². The highest BCUT2D eigenvalue weighted by atomic mass is 32.1. The molecule has 0 spiro atoms. The van der Waals surface area contributed by atoms with Gasteiger partial charge in [0.25, 0.3) is 11.8 Å². The molecule has 2 N–H and O–H groups in total. The molecule has 1 aliphatic heterocycles. The highest BCUT2D eigenvalue weighted by Crippen LogP contribution is 2.30. The largest absolute Gasteiger partial charge is 0.391 e. The minimum Gasteiger partial charge on any atom is -0.391 e. The first-order valence-corrected chi connectivity index (χ1v) is 5.97. The van der Waals surface area contributed by atoms with Crippen LogP contribution in [0.5, 0.6) is 0 Å². The van der Waals surface area contributed by atoms with Crippen molar-refractivity contribution in [2.75, 3.05) is 0 Å². The molecule has 1 aromatic carbocycles. The van der Waals surface area contributed by atoms with E-state index in [0.29, 0.717) is 11.1 Å². The van der Waals surface area contributed by atoms with Crippen molar-refractivity contribution in [2.45, 2.75) is 26.3 Å². The van der Waals surface area contributed by atoms with Gasteiger partial charge in [-0.3, -0.25) is 14.5 Å². The number of amides is 2. The molecule has 94 valence electrons. The molecule has 0 saturated heterocycles. The van der Waals surface area contributed by atoms with Gasteiger partial charge in [-0.05, 0) is 32.9 Å². The van der Waals surface area contributed by atoms with Gasteiger partial charge in [-0.2, -0.15) is 0 Å². The lowest BCUT2D eigenvalue weighted by molar-refractivity contribution is 0.0562. The second kappa shape index (κ2) is 3.88. The van der Waals surface area contributed by atoms with Crippen LogP contribution in [-0.2, 0) is 0 Å². The number of imide groups is 1. The summed E-state index contributed by atoms with van der Waals surface area (Å²) in [6, 6.07) is 5.19. The number of thiocarbonyl (C=S) groups is 1. The third kappa shape index (κ3) is 1.62. The Balaban J connectivity index is 2.56. The predicted octanol–water partition coefficient (Wildman–Crippen LogP) is 1.66. The van der Waals surface area contributed by atoms with Gasteiger partial charge in [0.05, 0.1) is 21.7 Å². The molecule has 0 aromatic heterocycles. The number of rotatable bonds is 2. The summed E-state index contributed by atoms with van der Waals surface area (Å²) in [7, 11) is 0. The third-order valence-electron chi connectivity index (χ3n) is 3.20. The summed E-state index contributed by atoms with van der Waals surface area (Å²) in [6.07, 6.45) is 0. The maximum atomic E-state index is 12.3. The Labute approximate surface area is 111 Å². The van der Waals surface area contributed by atoms with Gasteiger partial charge < -0.3 is 5.73 Å². The number of hydrogen-bond acceptors (Lipinski definition) is 3. The van der Waals surface area contributed by atoms with E-state index in [9.17, 15) is 9.59 Å². The monoisotopic (exact) mass is 262 g/mol. The van der Waals surface area contributed by atoms with Crippen LogP contribution in [0, 0.1) is 6.92 Å². The van der Waals surface area contributed by atoms with Crippen LogP contribution in [-0.4, -0.2) is 27.2 Å². The number of nitrogens with two attached hydrogens (primary N) is 1. The molecule has 0 radical (unpaired) electrons. The van der Waals surface area contributed by atoms with E-state index in [4.69, 9.17) is 18.0 Å². The average molecular weight is 262 g/mol. The molecule has 0 fully saturated rings. The Morgan fingerprint density at radius 1 is 1.22 bits per heavy atom. The van der Waals surface area contributed by atoms with Crippen LogP contribution in [0.15, 0.2) is 18.2 Å². The summed E-state index contributed by atoms with van der Waals surface area (Å²) in [6.45, 7) is 5.22. The molecule has 4 nitrogen and oxygen atoms in total. The van der Waals surface area contributed by atoms with E-state index >= 15 is 0 Å². The smallest absolute Gasteiger partial charge is 0.262 e. The SMILES string of the molecule is Cc1ccc2c(c1)C(=O)N(C(C)(C)C(N)=S)C2=O. The molecule has 5 heteroatoms. The van der Waals surface area contributed by atoms with E-state index in [2.05, 4.69) is 0 Å². The number of carbonyl (C=O) groups is 2. The van der Waals surface area contributed by atoms with Crippen molar-refractivity contribution >= 4 is 29.0 Å². The highest BCUT2D eigenvalue weighted by Gasteiger charge is 2.45. The van der Waals surface area contributed by atoms with Gasteiger partial charge in [-0.25, -0.2) is 0 Å². The lowest BCUT2D eigenvalue weighted by Crippen LogP contribution is -2.54. The summed E-state index contributed by atoms with van der Waals surface area (Å²) < 4.78 is 0. The molecular formula is C13H14N2O2S. The lowest BCUT2D eigenvalue weighted by Gasteiger charge is -2.32. The van der Waals surface area contributed by atoms with Crippen LogP contribution in [0.4, 0.5) is 0 Å². The van der Waals surface area contributed by atoms with E-state index < -0.39 is 5.54 Å². The van der Waals surface area contributed by atoms with Crippen LogP contribution in [0.2, 0.25) is 0 Å². The summed E-state index contributed by atoms with van der Waals surface area (Å²) in [5, 5.41) is 0. The first-order valence-electron chi connectivity index (χ1n) is 5.56. The van der Waals surface area contributed by atoms with Crippen molar-refractivity contribution in [3.8, 4) is 0 Å². The van der Waals surface area contributed by atoms with Crippen molar-refractivity contribution in [3.05, 3.63) is 34.9 Å². The van der Waals surface area contributed by atoms with Gasteiger partial charge in [-0.15, -0.1) is 0 Å². The zero-order valence-electron chi connectivity index (χ0n) is 10.5. The van der Waals surface area contributed by atoms with Crippen molar-refractivity contribution in [1.82, 2.24) is 4.90 Å². The van der Waals surface area contributed by atoms with Crippen molar-refractivity contribution in [2.24, 2.45) is 5.73 Å².